The first-order chi connectivity index (χ1) is 7.56. The SMILES string of the molecule is CCOC(=O)CCC[C@@H](C)CCC=C(C)C. The first kappa shape index (κ1) is 15.2. The molecule has 2 nitrogen and oxygen atoms in total. The van der Waals surface area contributed by atoms with Crippen molar-refractivity contribution in [2.75, 3.05) is 6.61 Å². The van der Waals surface area contributed by atoms with Crippen LogP contribution in [0.5, 0.6) is 0 Å². The molecule has 0 aromatic rings. The Morgan fingerprint density at radius 3 is 2.56 bits per heavy atom. The van der Waals surface area contributed by atoms with Gasteiger partial charge in [-0.15, -0.1) is 0 Å². The van der Waals surface area contributed by atoms with Gasteiger partial charge in [0.25, 0.3) is 0 Å². The molecule has 16 heavy (non-hydrogen) atoms. The van der Waals surface area contributed by atoms with Crippen LogP contribution in [0.15, 0.2) is 11.6 Å². The summed E-state index contributed by atoms with van der Waals surface area (Å²) in [6.45, 7) is 8.86. The number of allylic oxidation sites excluding steroid dienone is 2. The molecular weight excluding hydrogens is 200 g/mol. The molecule has 94 valence electrons. The summed E-state index contributed by atoms with van der Waals surface area (Å²) in [5.41, 5.74) is 1.39. The lowest BCUT2D eigenvalue weighted by atomic mass is 9.98. The van der Waals surface area contributed by atoms with Crippen molar-refractivity contribution in [3.8, 4) is 0 Å². The fraction of sp³-hybridized carbons (Fsp3) is 0.786. The van der Waals surface area contributed by atoms with E-state index in [4.69, 9.17) is 4.74 Å². The molecule has 0 spiro atoms. The van der Waals surface area contributed by atoms with Gasteiger partial charge in [0, 0.05) is 6.42 Å². The highest BCUT2D eigenvalue weighted by Crippen LogP contribution is 2.15. The maximum absolute atomic E-state index is 11.1. The van der Waals surface area contributed by atoms with Crippen LogP contribution in [-0.2, 0) is 9.53 Å². The van der Waals surface area contributed by atoms with Crippen LogP contribution in [0, 0.1) is 5.92 Å². The van der Waals surface area contributed by atoms with E-state index < -0.39 is 0 Å². The molecule has 0 aromatic carbocycles. The van der Waals surface area contributed by atoms with Crippen molar-refractivity contribution in [3.63, 3.8) is 0 Å². The fourth-order valence-corrected chi connectivity index (χ4v) is 1.63. The molecule has 0 amide bonds. The molecule has 0 fully saturated rings. The van der Waals surface area contributed by atoms with E-state index in [9.17, 15) is 4.79 Å². The lowest BCUT2D eigenvalue weighted by Gasteiger charge is -2.09. The van der Waals surface area contributed by atoms with Gasteiger partial charge in [0.05, 0.1) is 6.61 Å². The minimum Gasteiger partial charge on any atom is -0.466 e. The van der Waals surface area contributed by atoms with Crippen molar-refractivity contribution in [1.82, 2.24) is 0 Å². The third-order valence-corrected chi connectivity index (χ3v) is 2.60. The van der Waals surface area contributed by atoms with E-state index in [1.807, 2.05) is 6.92 Å². The smallest absolute Gasteiger partial charge is 0.305 e. The summed E-state index contributed by atoms with van der Waals surface area (Å²) < 4.78 is 4.89. The van der Waals surface area contributed by atoms with Crippen LogP contribution in [-0.4, -0.2) is 12.6 Å². The molecule has 0 unspecified atom stereocenters. The van der Waals surface area contributed by atoms with Crippen LogP contribution >= 0.6 is 0 Å². The Balaban J connectivity index is 3.47. The number of ether oxygens (including phenoxy) is 1. The molecule has 0 bridgehead atoms. The first-order valence-corrected chi connectivity index (χ1v) is 6.35. The predicted octanol–water partition coefficient (Wildman–Crippen LogP) is 4.10. The van der Waals surface area contributed by atoms with Gasteiger partial charge in [0.15, 0.2) is 0 Å². The van der Waals surface area contributed by atoms with Gasteiger partial charge in [0.1, 0.15) is 0 Å². The Labute approximate surface area is 100 Å². The average Bonchev–Trinajstić information content (AvgIpc) is 2.17. The second-order valence-electron chi connectivity index (χ2n) is 4.66. The Kier molecular flexibility index (Phi) is 8.97. The summed E-state index contributed by atoms with van der Waals surface area (Å²) in [7, 11) is 0. The molecule has 0 radical (unpaired) electrons. The van der Waals surface area contributed by atoms with Crippen LogP contribution in [0.25, 0.3) is 0 Å². The quantitative estimate of drug-likeness (QED) is 0.460. The third kappa shape index (κ3) is 9.75. The minimum absolute atomic E-state index is 0.0565. The van der Waals surface area contributed by atoms with Crippen molar-refractivity contribution in [3.05, 3.63) is 11.6 Å². The minimum atomic E-state index is -0.0565. The average molecular weight is 226 g/mol. The van der Waals surface area contributed by atoms with Crippen molar-refractivity contribution < 1.29 is 9.53 Å². The van der Waals surface area contributed by atoms with E-state index in [1.165, 1.54) is 12.0 Å². The van der Waals surface area contributed by atoms with Gasteiger partial charge in [-0.25, -0.2) is 0 Å². The second-order valence-corrected chi connectivity index (χ2v) is 4.66. The molecule has 2 heteroatoms. The van der Waals surface area contributed by atoms with Gasteiger partial charge in [-0.3, -0.25) is 4.79 Å². The van der Waals surface area contributed by atoms with Crippen molar-refractivity contribution in [2.24, 2.45) is 5.92 Å². The van der Waals surface area contributed by atoms with E-state index in [0.717, 1.165) is 19.3 Å². The Hall–Kier alpha value is -0.790. The van der Waals surface area contributed by atoms with Crippen molar-refractivity contribution in [2.45, 2.75) is 59.8 Å². The van der Waals surface area contributed by atoms with Gasteiger partial charge in [-0.1, -0.05) is 25.0 Å². The van der Waals surface area contributed by atoms with Gasteiger partial charge < -0.3 is 4.74 Å². The molecule has 0 rings (SSSR count). The van der Waals surface area contributed by atoms with E-state index in [1.54, 1.807) is 0 Å². The number of rotatable bonds is 8. The Morgan fingerprint density at radius 1 is 1.31 bits per heavy atom. The number of hydrogen-bond acceptors (Lipinski definition) is 2. The first-order valence-electron chi connectivity index (χ1n) is 6.35. The van der Waals surface area contributed by atoms with E-state index in [-0.39, 0.29) is 5.97 Å². The number of hydrogen-bond donors (Lipinski definition) is 0. The lowest BCUT2D eigenvalue weighted by molar-refractivity contribution is -0.143. The Bertz CT molecular complexity index is 215. The second kappa shape index (κ2) is 9.44. The van der Waals surface area contributed by atoms with Crippen LogP contribution < -0.4 is 0 Å². The fourth-order valence-electron chi connectivity index (χ4n) is 1.63. The molecule has 1 atom stereocenters. The summed E-state index contributed by atoms with van der Waals surface area (Å²) in [6, 6.07) is 0. The highest BCUT2D eigenvalue weighted by atomic mass is 16.5. The summed E-state index contributed by atoms with van der Waals surface area (Å²) in [5.74, 6) is 0.643. The van der Waals surface area contributed by atoms with Gasteiger partial charge >= 0.3 is 5.97 Å². The van der Waals surface area contributed by atoms with Crippen LogP contribution in [0.4, 0.5) is 0 Å². The summed E-state index contributed by atoms with van der Waals surface area (Å²) in [6.07, 6.45) is 7.30. The summed E-state index contributed by atoms with van der Waals surface area (Å²) in [4.78, 5) is 11.1. The zero-order valence-electron chi connectivity index (χ0n) is 11.2. The van der Waals surface area contributed by atoms with Crippen LogP contribution in [0.1, 0.15) is 59.8 Å². The lowest BCUT2D eigenvalue weighted by Crippen LogP contribution is -2.04. The zero-order chi connectivity index (χ0) is 12.4. The number of carbonyl (C=O) groups excluding carboxylic acids is 1. The van der Waals surface area contributed by atoms with E-state index in [2.05, 4.69) is 26.8 Å². The van der Waals surface area contributed by atoms with Crippen molar-refractivity contribution in [1.29, 1.82) is 0 Å². The van der Waals surface area contributed by atoms with Crippen molar-refractivity contribution >= 4 is 5.97 Å². The molecule has 0 aliphatic rings. The largest absolute Gasteiger partial charge is 0.466 e. The normalized spacial score (nSPS) is 12.0. The highest BCUT2D eigenvalue weighted by Gasteiger charge is 2.05. The highest BCUT2D eigenvalue weighted by molar-refractivity contribution is 5.69. The van der Waals surface area contributed by atoms with E-state index in [0.29, 0.717) is 18.9 Å². The molecule has 0 aromatic heterocycles. The predicted molar refractivity (Wildman–Crippen MR) is 68.3 cm³/mol. The third-order valence-electron chi connectivity index (χ3n) is 2.60. The molecule has 0 saturated heterocycles. The van der Waals surface area contributed by atoms with Gasteiger partial charge in [-0.05, 0) is 46.0 Å². The van der Waals surface area contributed by atoms with Gasteiger partial charge in [0.2, 0.25) is 0 Å². The van der Waals surface area contributed by atoms with Crippen LogP contribution in [0.2, 0.25) is 0 Å². The maximum Gasteiger partial charge on any atom is 0.305 e. The summed E-state index contributed by atoms with van der Waals surface area (Å²) >= 11 is 0. The zero-order valence-corrected chi connectivity index (χ0v) is 11.2. The molecule has 0 aliphatic carbocycles. The Morgan fingerprint density at radius 2 is 2.00 bits per heavy atom. The van der Waals surface area contributed by atoms with Crippen LogP contribution in [0.3, 0.4) is 0 Å². The molecule has 0 heterocycles. The number of esters is 1. The van der Waals surface area contributed by atoms with E-state index >= 15 is 0 Å². The topological polar surface area (TPSA) is 26.3 Å². The summed E-state index contributed by atoms with van der Waals surface area (Å²) in [5, 5.41) is 0. The molecule has 0 N–H and O–H groups in total. The number of carbonyl (C=O) groups is 1. The standard InChI is InChI=1S/C14H26O2/c1-5-16-14(15)11-7-10-13(4)9-6-8-12(2)3/h8,13H,5-7,9-11H2,1-4H3/t13-/m0/s1. The molecular formula is C14H26O2. The van der Waals surface area contributed by atoms with Gasteiger partial charge in [-0.2, -0.15) is 0 Å². The maximum atomic E-state index is 11.1. The molecule has 0 saturated carbocycles. The molecule has 0 aliphatic heterocycles. The monoisotopic (exact) mass is 226 g/mol.